The first-order chi connectivity index (χ1) is 14.7. The predicted molar refractivity (Wildman–Crippen MR) is 116 cm³/mol. The fourth-order valence-corrected chi connectivity index (χ4v) is 3.76. The fraction of sp³-hybridized carbons (Fsp3) is 0.458. The largest absolute Gasteiger partial charge is 0.493 e. The number of rotatable bonds is 9. The van der Waals surface area contributed by atoms with Gasteiger partial charge < -0.3 is 19.5 Å². The first-order valence-electron chi connectivity index (χ1n) is 10.6. The van der Waals surface area contributed by atoms with Crippen molar-refractivity contribution in [1.82, 2.24) is 10.2 Å². The first-order valence-corrected chi connectivity index (χ1v) is 10.6. The van der Waals surface area contributed by atoms with Gasteiger partial charge in [0.25, 0.3) is 5.91 Å². The lowest BCUT2D eigenvalue weighted by Crippen LogP contribution is -2.37. The predicted octanol–water partition coefficient (Wildman–Crippen LogP) is 3.28. The fourth-order valence-electron chi connectivity index (χ4n) is 3.76. The molecule has 1 aliphatic carbocycles. The van der Waals surface area contributed by atoms with Crippen molar-refractivity contribution < 1.29 is 19.0 Å². The number of hydrogen-bond donors (Lipinski definition) is 1. The summed E-state index contributed by atoms with van der Waals surface area (Å²) in [5.41, 5.74) is 3.22. The highest BCUT2D eigenvalue weighted by Crippen LogP contribution is 2.33. The third-order valence-electron chi connectivity index (χ3n) is 5.81. The minimum absolute atomic E-state index is 0.0486. The number of nitrogens with zero attached hydrogens (tertiary/aromatic N) is 1. The van der Waals surface area contributed by atoms with Crippen LogP contribution in [0.15, 0.2) is 36.4 Å². The Morgan fingerprint density at radius 3 is 2.43 bits per heavy atom. The second-order valence-electron chi connectivity index (χ2n) is 8.04. The zero-order valence-electron chi connectivity index (χ0n) is 17.8. The minimum atomic E-state index is -0.0486. The maximum atomic E-state index is 12.4. The third kappa shape index (κ3) is 5.05. The van der Waals surface area contributed by atoms with Gasteiger partial charge in [0.05, 0.1) is 20.8 Å². The number of carbonyl (C=O) groups is 1. The molecule has 160 valence electrons. The maximum Gasteiger partial charge on any atom is 0.251 e. The van der Waals surface area contributed by atoms with Crippen LogP contribution in [0.5, 0.6) is 17.2 Å². The molecule has 1 saturated carbocycles. The maximum absolute atomic E-state index is 12.4. The van der Waals surface area contributed by atoms with Crippen molar-refractivity contribution in [1.29, 1.82) is 0 Å². The van der Waals surface area contributed by atoms with Gasteiger partial charge in [-0.2, -0.15) is 0 Å². The Morgan fingerprint density at radius 2 is 1.77 bits per heavy atom. The molecule has 2 aliphatic rings. The lowest BCUT2D eigenvalue weighted by Gasteiger charge is -2.29. The molecule has 0 bridgehead atoms. The van der Waals surface area contributed by atoms with E-state index in [1.165, 1.54) is 24.0 Å². The first kappa shape index (κ1) is 20.5. The molecule has 30 heavy (non-hydrogen) atoms. The van der Waals surface area contributed by atoms with E-state index in [2.05, 4.69) is 22.3 Å². The molecule has 4 rings (SSSR count). The molecule has 1 heterocycles. The molecule has 0 spiro atoms. The molecule has 6 nitrogen and oxygen atoms in total. The van der Waals surface area contributed by atoms with Crippen molar-refractivity contribution in [2.75, 3.05) is 40.5 Å². The average molecular weight is 411 g/mol. The summed E-state index contributed by atoms with van der Waals surface area (Å²) in [5.74, 6) is 3.04. The topological polar surface area (TPSA) is 60.0 Å². The van der Waals surface area contributed by atoms with E-state index < -0.39 is 0 Å². The Balaban J connectivity index is 1.24. The van der Waals surface area contributed by atoms with E-state index in [0.717, 1.165) is 55.8 Å². The zero-order chi connectivity index (χ0) is 20.9. The van der Waals surface area contributed by atoms with Crippen LogP contribution in [0, 0.1) is 5.92 Å². The normalized spacial score (nSPS) is 15.9. The Morgan fingerprint density at radius 1 is 1.07 bits per heavy atom. The van der Waals surface area contributed by atoms with Crippen LogP contribution in [0.1, 0.15) is 34.3 Å². The Kier molecular flexibility index (Phi) is 6.43. The Hall–Kier alpha value is -2.73. The van der Waals surface area contributed by atoms with Gasteiger partial charge in [0, 0.05) is 31.7 Å². The summed E-state index contributed by atoms with van der Waals surface area (Å²) in [6.45, 7) is 4.01. The molecule has 1 N–H and O–H groups in total. The summed E-state index contributed by atoms with van der Waals surface area (Å²) < 4.78 is 16.6. The number of hydrogen-bond acceptors (Lipinski definition) is 5. The van der Waals surface area contributed by atoms with Crippen LogP contribution in [0.3, 0.4) is 0 Å². The van der Waals surface area contributed by atoms with Crippen LogP contribution in [0.25, 0.3) is 0 Å². The van der Waals surface area contributed by atoms with E-state index in [1.807, 2.05) is 24.3 Å². The summed E-state index contributed by atoms with van der Waals surface area (Å²) in [4.78, 5) is 14.8. The number of methoxy groups -OCH3 is 2. The Labute approximate surface area is 178 Å². The minimum Gasteiger partial charge on any atom is -0.493 e. The van der Waals surface area contributed by atoms with E-state index in [9.17, 15) is 4.79 Å². The SMILES string of the molecule is COc1cc2c(cc1OC)CN(CCNC(=O)c1ccc(OCC3CC3)cc1)CC2. The summed E-state index contributed by atoms with van der Waals surface area (Å²) in [6.07, 6.45) is 3.50. The van der Waals surface area contributed by atoms with E-state index in [-0.39, 0.29) is 5.91 Å². The highest BCUT2D eigenvalue weighted by Gasteiger charge is 2.22. The van der Waals surface area contributed by atoms with Crippen molar-refractivity contribution >= 4 is 5.91 Å². The smallest absolute Gasteiger partial charge is 0.251 e. The van der Waals surface area contributed by atoms with Gasteiger partial charge in [-0.3, -0.25) is 9.69 Å². The molecule has 1 aliphatic heterocycles. The summed E-state index contributed by atoms with van der Waals surface area (Å²) in [7, 11) is 3.32. The van der Waals surface area contributed by atoms with Gasteiger partial charge in [-0.05, 0) is 72.7 Å². The molecular formula is C24H30N2O4. The number of amides is 1. The van der Waals surface area contributed by atoms with E-state index >= 15 is 0 Å². The van der Waals surface area contributed by atoms with Gasteiger partial charge in [0.15, 0.2) is 11.5 Å². The van der Waals surface area contributed by atoms with Crippen molar-refractivity contribution in [3.63, 3.8) is 0 Å². The molecule has 0 unspecified atom stereocenters. The van der Waals surface area contributed by atoms with Crippen LogP contribution in [0.2, 0.25) is 0 Å². The lowest BCUT2D eigenvalue weighted by molar-refractivity contribution is 0.0947. The summed E-state index contributed by atoms with van der Waals surface area (Å²) >= 11 is 0. The van der Waals surface area contributed by atoms with Crippen molar-refractivity contribution in [2.45, 2.75) is 25.8 Å². The van der Waals surface area contributed by atoms with Crippen molar-refractivity contribution in [2.24, 2.45) is 5.92 Å². The zero-order valence-corrected chi connectivity index (χ0v) is 17.8. The van der Waals surface area contributed by atoms with Crippen molar-refractivity contribution in [3.05, 3.63) is 53.1 Å². The quantitative estimate of drug-likeness (QED) is 0.688. The molecule has 0 aromatic heterocycles. The molecular weight excluding hydrogens is 380 g/mol. The Bertz CT molecular complexity index is 878. The molecule has 0 saturated heterocycles. The molecule has 0 atom stereocenters. The van der Waals surface area contributed by atoms with Crippen LogP contribution >= 0.6 is 0 Å². The second-order valence-corrected chi connectivity index (χ2v) is 8.04. The van der Waals surface area contributed by atoms with Gasteiger partial charge in [-0.25, -0.2) is 0 Å². The number of benzene rings is 2. The average Bonchev–Trinajstić information content (AvgIpc) is 3.61. The standard InChI is InChI=1S/C24H30N2O4/c1-28-22-13-19-9-11-26(15-20(19)14-23(22)29-2)12-10-25-24(27)18-5-7-21(8-6-18)30-16-17-3-4-17/h5-8,13-14,17H,3-4,9-12,15-16H2,1-2H3,(H,25,27). The van der Waals surface area contributed by atoms with Crippen LogP contribution in [-0.2, 0) is 13.0 Å². The molecule has 2 aromatic carbocycles. The lowest BCUT2D eigenvalue weighted by atomic mass is 9.99. The number of fused-ring (bicyclic) bond motifs is 1. The monoisotopic (exact) mass is 410 g/mol. The van der Waals surface area contributed by atoms with Gasteiger partial charge in [0.1, 0.15) is 5.75 Å². The second kappa shape index (κ2) is 9.39. The van der Waals surface area contributed by atoms with E-state index in [0.29, 0.717) is 12.1 Å². The van der Waals surface area contributed by atoms with E-state index in [4.69, 9.17) is 14.2 Å². The van der Waals surface area contributed by atoms with Gasteiger partial charge in [-0.1, -0.05) is 0 Å². The van der Waals surface area contributed by atoms with Gasteiger partial charge in [-0.15, -0.1) is 0 Å². The number of carbonyl (C=O) groups excluding carboxylic acids is 1. The van der Waals surface area contributed by atoms with Gasteiger partial charge >= 0.3 is 0 Å². The van der Waals surface area contributed by atoms with Crippen LogP contribution < -0.4 is 19.5 Å². The molecule has 1 amide bonds. The molecule has 6 heteroatoms. The highest BCUT2D eigenvalue weighted by molar-refractivity contribution is 5.94. The molecule has 0 radical (unpaired) electrons. The highest BCUT2D eigenvalue weighted by atomic mass is 16.5. The molecule has 2 aromatic rings. The summed E-state index contributed by atoms with van der Waals surface area (Å²) in [6, 6.07) is 11.5. The number of ether oxygens (including phenoxy) is 3. The van der Waals surface area contributed by atoms with Crippen molar-refractivity contribution in [3.8, 4) is 17.2 Å². The van der Waals surface area contributed by atoms with Gasteiger partial charge in [0.2, 0.25) is 0 Å². The number of nitrogens with one attached hydrogen (secondary N) is 1. The van der Waals surface area contributed by atoms with E-state index in [1.54, 1.807) is 14.2 Å². The molecule has 1 fully saturated rings. The van der Waals surface area contributed by atoms with Crippen LogP contribution in [-0.4, -0.2) is 51.3 Å². The third-order valence-corrected chi connectivity index (χ3v) is 5.81. The summed E-state index contributed by atoms with van der Waals surface area (Å²) in [5, 5.41) is 3.02. The van der Waals surface area contributed by atoms with Crippen LogP contribution in [0.4, 0.5) is 0 Å².